The minimum absolute atomic E-state index is 0.0713. The lowest BCUT2D eigenvalue weighted by Crippen LogP contribution is -2.25. The molecule has 0 unspecified atom stereocenters. The average Bonchev–Trinajstić information content (AvgIpc) is 2.25. The summed E-state index contributed by atoms with van der Waals surface area (Å²) in [6.07, 6.45) is 0. The van der Waals surface area contributed by atoms with Gasteiger partial charge in [-0.15, -0.1) is 0 Å². The first-order valence-corrected chi connectivity index (χ1v) is 5.51. The highest BCUT2D eigenvalue weighted by atomic mass is 35.5. The second kappa shape index (κ2) is 5.22. The smallest absolute Gasteiger partial charge is 0.337 e. The largest absolute Gasteiger partial charge is 0.343 e. The van der Waals surface area contributed by atoms with Crippen LogP contribution in [0.2, 0.25) is 5.02 Å². The van der Waals surface area contributed by atoms with E-state index in [1.54, 1.807) is 20.8 Å². The Labute approximate surface area is 109 Å². The van der Waals surface area contributed by atoms with Gasteiger partial charge < -0.3 is 4.84 Å². The maximum absolute atomic E-state index is 11.5. The van der Waals surface area contributed by atoms with Crippen LogP contribution >= 0.6 is 11.6 Å². The minimum atomic E-state index is -0.700. The number of nitro benzene ring substituents is 1. The van der Waals surface area contributed by atoms with Gasteiger partial charge in [-0.1, -0.05) is 11.6 Å². The Kier molecular flexibility index (Phi) is 4.13. The fourth-order valence-corrected chi connectivity index (χ4v) is 1.16. The Hall–Kier alpha value is -1.82. The fraction of sp³-hybridized carbons (Fsp3) is 0.364. The molecule has 18 heavy (non-hydrogen) atoms. The second-order valence-corrected chi connectivity index (χ2v) is 5.10. The van der Waals surface area contributed by atoms with Gasteiger partial charge in [0, 0.05) is 11.1 Å². The number of hydrogen-bond donors (Lipinski definition) is 1. The molecule has 0 heterocycles. The normalized spacial score (nSPS) is 10.9. The molecule has 0 saturated carbocycles. The van der Waals surface area contributed by atoms with Gasteiger partial charge in [-0.3, -0.25) is 10.1 Å². The van der Waals surface area contributed by atoms with Crippen LogP contribution in [0, 0.1) is 15.5 Å². The predicted molar refractivity (Wildman–Crippen MR) is 67.3 cm³/mol. The number of anilines is 1. The Bertz CT molecular complexity index is 482. The van der Waals surface area contributed by atoms with Gasteiger partial charge in [0.25, 0.3) is 5.69 Å². The van der Waals surface area contributed by atoms with Gasteiger partial charge in [0.05, 0.1) is 10.3 Å². The van der Waals surface area contributed by atoms with E-state index in [2.05, 4.69) is 5.48 Å². The molecule has 0 aliphatic rings. The first-order chi connectivity index (χ1) is 8.21. The molecule has 1 aromatic rings. The van der Waals surface area contributed by atoms with Crippen LogP contribution < -0.4 is 5.48 Å². The maximum atomic E-state index is 11.5. The van der Waals surface area contributed by atoms with Gasteiger partial charge >= 0.3 is 5.97 Å². The van der Waals surface area contributed by atoms with E-state index in [1.165, 1.54) is 18.2 Å². The summed E-state index contributed by atoms with van der Waals surface area (Å²) in [5.74, 6) is -0.522. The van der Waals surface area contributed by atoms with Crippen molar-refractivity contribution in [1.82, 2.24) is 0 Å². The molecular weight excluding hydrogens is 260 g/mol. The number of nitro groups is 1. The molecule has 1 N–H and O–H groups in total. The van der Waals surface area contributed by atoms with Crippen LogP contribution in [0.15, 0.2) is 18.2 Å². The highest BCUT2D eigenvalue weighted by Gasteiger charge is 2.24. The van der Waals surface area contributed by atoms with Crippen molar-refractivity contribution >= 4 is 28.9 Å². The van der Waals surface area contributed by atoms with Crippen molar-refractivity contribution in [3.05, 3.63) is 33.3 Å². The molecule has 7 heteroatoms. The Balaban J connectivity index is 2.86. The zero-order chi connectivity index (χ0) is 13.9. The third kappa shape index (κ3) is 3.59. The Morgan fingerprint density at radius 1 is 1.44 bits per heavy atom. The first-order valence-electron chi connectivity index (χ1n) is 5.13. The number of nitrogens with zero attached hydrogens (tertiary/aromatic N) is 1. The summed E-state index contributed by atoms with van der Waals surface area (Å²) >= 11 is 5.66. The van der Waals surface area contributed by atoms with E-state index in [0.29, 0.717) is 0 Å². The number of halogens is 1. The lowest BCUT2D eigenvalue weighted by Gasteiger charge is -2.16. The summed E-state index contributed by atoms with van der Waals surface area (Å²) in [5.41, 5.74) is 1.39. The molecule has 1 aromatic carbocycles. The molecule has 0 amide bonds. The lowest BCUT2D eigenvalue weighted by molar-refractivity contribution is -0.384. The van der Waals surface area contributed by atoms with Crippen LogP contribution in [0.25, 0.3) is 0 Å². The minimum Gasteiger partial charge on any atom is -0.343 e. The summed E-state index contributed by atoms with van der Waals surface area (Å²) in [5, 5.41) is 11.0. The number of benzene rings is 1. The lowest BCUT2D eigenvalue weighted by atomic mass is 9.98. The van der Waals surface area contributed by atoms with Crippen molar-refractivity contribution in [1.29, 1.82) is 0 Å². The third-order valence-corrected chi connectivity index (χ3v) is 2.26. The van der Waals surface area contributed by atoms with Crippen LogP contribution in [0.1, 0.15) is 20.8 Å². The van der Waals surface area contributed by atoms with E-state index in [9.17, 15) is 14.9 Å². The summed E-state index contributed by atoms with van der Waals surface area (Å²) in [6.45, 7) is 5.02. The van der Waals surface area contributed by atoms with E-state index in [-0.39, 0.29) is 16.4 Å². The van der Waals surface area contributed by atoms with E-state index >= 15 is 0 Å². The van der Waals surface area contributed by atoms with Gasteiger partial charge in [-0.05, 0) is 32.9 Å². The fourth-order valence-electron chi connectivity index (χ4n) is 0.997. The molecule has 0 radical (unpaired) electrons. The third-order valence-electron chi connectivity index (χ3n) is 2.02. The van der Waals surface area contributed by atoms with Crippen LogP contribution in [-0.2, 0) is 9.63 Å². The number of carbonyl (C=O) groups excluding carboxylic acids is 1. The number of rotatable bonds is 3. The number of carbonyl (C=O) groups is 1. The van der Waals surface area contributed by atoms with Crippen LogP contribution in [0.5, 0.6) is 0 Å². The van der Waals surface area contributed by atoms with Crippen molar-refractivity contribution in [2.45, 2.75) is 20.8 Å². The molecule has 0 aliphatic heterocycles. The highest BCUT2D eigenvalue weighted by molar-refractivity contribution is 6.30. The van der Waals surface area contributed by atoms with Crippen molar-refractivity contribution < 1.29 is 14.6 Å². The Morgan fingerprint density at radius 2 is 2.06 bits per heavy atom. The van der Waals surface area contributed by atoms with Crippen LogP contribution in [0.4, 0.5) is 11.4 Å². The summed E-state index contributed by atoms with van der Waals surface area (Å²) < 4.78 is 0. The number of hydrogen-bond acceptors (Lipinski definition) is 5. The molecule has 0 spiro atoms. The zero-order valence-corrected chi connectivity index (χ0v) is 10.9. The zero-order valence-electron chi connectivity index (χ0n) is 10.2. The van der Waals surface area contributed by atoms with E-state index in [1.807, 2.05) is 0 Å². The summed E-state index contributed by atoms with van der Waals surface area (Å²) in [6, 6.07) is 4.01. The van der Waals surface area contributed by atoms with Crippen molar-refractivity contribution in [2.75, 3.05) is 5.48 Å². The standard InChI is InChI=1S/C11H13ClN2O4/c1-11(2,3)10(15)18-13-8-5-4-7(12)6-9(8)14(16)17/h4-6,13H,1-3H3. The highest BCUT2D eigenvalue weighted by Crippen LogP contribution is 2.28. The number of nitrogens with one attached hydrogen (secondary N) is 1. The summed E-state index contributed by atoms with van der Waals surface area (Å²) in [7, 11) is 0. The molecule has 6 nitrogen and oxygen atoms in total. The van der Waals surface area contributed by atoms with Crippen LogP contribution in [0.3, 0.4) is 0 Å². The van der Waals surface area contributed by atoms with E-state index < -0.39 is 16.3 Å². The molecule has 0 saturated heterocycles. The van der Waals surface area contributed by atoms with Gasteiger partial charge in [0.15, 0.2) is 0 Å². The Morgan fingerprint density at radius 3 is 2.56 bits per heavy atom. The predicted octanol–water partition coefficient (Wildman–Crippen LogP) is 3.16. The SMILES string of the molecule is CC(C)(C)C(=O)ONc1ccc(Cl)cc1[N+](=O)[O-]. The second-order valence-electron chi connectivity index (χ2n) is 4.66. The van der Waals surface area contributed by atoms with E-state index in [4.69, 9.17) is 16.4 Å². The van der Waals surface area contributed by atoms with Crippen molar-refractivity contribution in [3.63, 3.8) is 0 Å². The molecular formula is C11H13ClN2O4. The van der Waals surface area contributed by atoms with Gasteiger partial charge in [-0.2, -0.15) is 0 Å². The molecule has 0 bridgehead atoms. The molecule has 0 atom stereocenters. The topological polar surface area (TPSA) is 81.5 Å². The van der Waals surface area contributed by atoms with E-state index in [0.717, 1.165) is 0 Å². The first kappa shape index (κ1) is 14.2. The monoisotopic (exact) mass is 272 g/mol. The van der Waals surface area contributed by atoms with Gasteiger partial charge in [0.1, 0.15) is 5.69 Å². The van der Waals surface area contributed by atoms with Crippen molar-refractivity contribution in [3.8, 4) is 0 Å². The van der Waals surface area contributed by atoms with Gasteiger partial charge in [0.2, 0.25) is 0 Å². The van der Waals surface area contributed by atoms with Crippen molar-refractivity contribution in [2.24, 2.45) is 5.41 Å². The van der Waals surface area contributed by atoms with Gasteiger partial charge in [-0.25, -0.2) is 10.3 Å². The molecule has 1 rings (SSSR count). The molecule has 0 fully saturated rings. The molecule has 0 aromatic heterocycles. The molecule has 0 aliphatic carbocycles. The average molecular weight is 273 g/mol. The maximum Gasteiger partial charge on any atom is 0.337 e. The molecule has 98 valence electrons. The summed E-state index contributed by atoms with van der Waals surface area (Å²) in [4.78, 5) is 26.5. The quantitative estimate of drug-likeness (QED) is 0.675. The van der Waals surface area contributed by atoms with Crippen LogP contribution in [-0.4, -0.2) is 10.9 Å².